The van der Waals surface area contributed by atoms with Crippen LogP contribution < -0.4 is 10.2 Å². The minimum Gasteiger partial charge on any atom is -0.371 e. The Morgan fingerprint density at radius 2 is 1.86 bits per heavy atom. The Labute approximate surface area is 166 Å². The first kappa shape index (κ1) is 18.5. The van der Waals surface area contributed by atoms with Crippen molar-refractivity contribution >= 4 is 28.2 Å². The van der Waals surface area contributed by atoms with Gasteiger partial charge < -0.3 is 10.2 Å². The lowest BCUT2D eigenvalue weighted by atomic mass is 9.93. The quantitative estimate of drug-likeness (QED) is 0.651. The highest BCUT2D eigenvalue weighted by atomic mass is 16.1. The van der Waals surface area contributed by atoms with Crippen molar-refractivity contribution in [1.82, 2.24) is 4.98 Å². The first-order valence-electron chi connectivity index (χ1n) is 10.1. The van der Waals surface area contributed by atoms with Crippen molar-refractivity contribution in [3.63, 3.8) is 0 Å². The highest BCUT2D eigenvalue weighted by molar-refractivity contribution is 6.05. The van der Waals surface area contributed by atoms with Gasteiger partial charge in [-0.25, -0.2) is 0 Å². The Bertz CT molecular complexity index is 992. The molecule has 2 aromatic carbocycles. The van der Waals surface area contributed by atoms with Crippen LogP contribution in [-0.2, 0) is 0 Å². The van der Waals surface area contributed by atoms with Crippen molar-refractivity contribution in [2.24, 2.45) is 0 Å². The number of anilines is 2. The summed E-state index contributed by atoms with van der Waals surface area (Å²) in [4.78, 5) is 19.5. The molecule has 0 aliphatic heterocycles. The summed E-state index contributed by atoms with van der Waals surface area (Å²) in [5.74, 6) is -0.105. The highest BCUT2D eigenvalue weighted by Gasteiger charge is 2.20. The van der Waals surface area contributed by atoms with Gasteiger partial charge in [-0.05, 0) is 55.7 Å². The van der Waals surface area contributed by atoms with Crippen LogP contribution in [0.2, 0.25) is 0 Å². The van der Waals surface area contributed by atoms with Crippen molar-refractivity contribution in [3.05, 3.63) is 65.9 Å². The number of nitrogens with zero attached hydrogens (tertiary/aromatic N) is 2. The van der Waals surface area contributed by atoms with Gasteiger partial charge >= 0.3 is 0 Å². The Hall–Kier alpha value is -2.88. The number of aryl methyl sites for hydroxylation is 1. The van der Waals surface area contributed by atoms with E-state index in [1.165, 1.54) is 37.8 Å². The molecule has 4 heteroatoms. The van der Waals surface area contributed by atoms with Gasteiger partial charge in [0.1, 0.15) is 0 Å². The summed E-state index contributed by atoms with van der Waals surface area (Å²) in [6.45, 7) is 2.09. The number of hydrogen-bond donors (Lipinski definition) is 1. The van der Waals surface area contributed by atoms with Gasteiger partial charge in [-0.1, -0.05) is 37.5 Å². The van der Waals surface area contributed by atoms with Crippen molar-refractivity contribution in [1.29, 1.82) is 0 Å². The molecular weight excluding hydrogens is 346 g/mol. The summed E-state index contributed by atoms with van der Waals surface area (Å²) in [5.41, 5.74) is 4.66. The topological polar surface area (TPSA) is 45.2 Å². The lowest BCUT2D eigenvalue weighted by molar-refractivity contribution is 0.102. The molecule has 0 saturated heterocycles. The number of fused-ring (bicyclic) bond motifs is 1. The molecule has 0 atom stereocenters. The zero-order valence-corrected chi connectivity index (χ0v) is 16.6. The molecule has 0 bridgehead atoms. The molecule has 1 amide bonds. The van der Waals surface area contributed by atoms with Gasteiger partial charge in [0.05, 0.1) is 17.4 Å². The standard InChI is InChI=1S/C24H27N3O/c1-17-14-19(12-13-23(17)27(2)21-9-4-3-5-10-21)24(28)26-20-15-18-8-6-7-11-22(18)25-16-20/h6-8,11-16,21H,3-5,9-10H2,1-2H3,(H,26,28). The molecule has 144 valence electrons. The van der Waals surface area contributed by atoms with Crippen LogP contribution in [0.25, 0.3) is 10.9 Å². The number of carbonyl (C=O) groups is 1. The van der Waals surface area contributed by atoms with Crippen molar-refractivity contribution in [3.8, 4) is 0 Å². The van der Waals surface area contributed by atoms with Crippen LogP contribution in [0, 0.1) is 6.92 Å². The van der Waals surface area contributed by atoms with Crippen LogP contribution in [0.4, 0.5) is 11.4 Å². The highest BCUT2D eigenvalue weighted by Crippen LogP contribution is 2.29. The predicted molar refractivity (Wildman–Crippen MR) is 116 cm³/mol. The second-order valence-electron chi connectivity index (χ2n) is 7.77. The second kappa shape index (κ2) is 8.01. The Morgan fingerprint density at radius 1 is 1.07 bits per heavy atom. The maximum absolute atomic E-state index is 12.7. The molecule has 4 rings (SSSR count). The first-order chi connectivity index (χ1) is 13.6. The minimum atomic E-state index is -0.105. The molecule has 1 aliphatic rings. The smallest absolute Gasteiger partial charge is 0.255 e. The average Bonchev–Trinajstić information content (AvgIpc) is 2.73. The van der Waals surface area contributed by atoms with Gasteiger partial charge in [0.25, 0.3) is 5.91 Å². The molecule has 3 aromatic rings. The molecule has 1 heterocycles. The van der Waals surface area contributed by atoms with E-state index in [2.05, 4.69) is 35.2 Å². The molecule has 28 heavy (non-hydrogen) atoms. The van der Waals surface area contributed by atoms with E-state index in [1.807, 2.05) is 42.5 Å². The zero-order chi connectivity index (χ0) is 19.5. The molecule has 0 radical (unpaired) electrons. The Balaban J connectivity index is 1.50. The van der Waals surface area contributed by atoms with Crippen LogP contribution in [-0.4, -0.2) is 24.0 Å². The van der Waals surface area contributed by atoms with Gasteiger partial charge in [-0.2, -0.15) is 0 Å². The van der Waals surface area contributed by atoms with Crippen molar-refractivity contribution in [2.75, 3.05) is 17.3 Å². The third-order valence-corrected chi connectivity index (χ3v) is 5.81. The van der Waals surface area contributed by atoms with E-state index in [-0.39, 0.29) is 5.91 Å². The largest absolute Gasteiger partial charge is 0.371 e. The fourth-order valence-corrected chi connectivity index (χ4v) is 4.20. The van der Waals surface area contributed by atoms with Crippen LogP contribution in [0.3, 0.4) is 0 Å². The molecule has 0 spiro atoms. The molecule has 4 nitrogen and oxygen atoms in total. The lowest BCUT2D eigenvalue weighted by Crippen LogP contribution is -2.33. The number of para-hydroxylation sites is 1. The number of hydrogen-bond acceptors (Lipinski definition) is 3. The number of aromatic nitrogens is 1. The van der Waals surface area contributed by atoms with Crippen molar-refractivity contribution in [2.45, 2.75) is 45.1 Å². The maximum atomic E-state index is 12.7. The Kier molecular flexibility index (Phi) is 5.29. The van der Waals surface area contributed by atoms with Gasteiger partial charge in [0.2, 0.25) is 0 Å². The first-order valence-corrected chi connectivity index (χ1v) is 10.1. The summed E-state index contributed by atoms with van der Waals surface area (Å²) in [5, 5.41) is 3.99. The molecule has 1 aromatic heterocycles. The molecule has 1 saturated carbocycles. The fourth-order valence-electron chi connectivity index (χ4n) is 4.20. The number of benzene rings is 2. The second-order valence-corrected chi connectivity index (χ2v) is 7.77. The summed E-state index contributed by atoms with van der Waals surface area (Å²) in [7, 11) is 2.18. The lowest BCUT2D eigenvalue weighted by Gasteiger charge is -2.34. The van der Waals surface area contributed by atoms with E-state index in [0.717, 1.165) is 16.5 Å². The van der Waals surface area contributed by atoms with E-state index < -0.39 is 0 Å². The number of carbonyl (C=O) groups excluding carboxylic acids is 1. The van der Waals surface area contributed by atoms with Crippen LogP contribution in [0.1, 0.15) is 48.0 Å². The van der Waals surface area contributed by atoms with Gasteiger partial charge in [-0.15, -0.1) is 0 Å². The third kappa shape index (κ3) is 3.86. The molecule has 1 N–H and O–H groups in total. The van der Waals surface area contributed by atoms with E-state index in [9.17, 15) is 4.79 Å². The summed E-state index contributed by atoms with van der Waals surface area (Å²) in [6.07, 6.45) is 8.20. The number of pyridine rings is 1. The molecular formula is C24H27N3O. The Morgan fingerprint density at radius 3 is 2.64 bits per heavy atom. The van der Waals surface area contributed by atoms with E-state index in [4.69, 9.17) is 0 Å². The van der Waals surface area contributed by atoms with Crippen LogP contribution in [0.5, 0.6) is 0 Å². The number of amides is 1. The van der Waals surface area contributed by atoms with E-state index in [0.29, 0.717) is 17.3 Å². The normalized spacial score (nSPS) is 14.8. The SMILES string of the molecule is Cc1cc(C(=O)Nc2cnc3ccccc3c2)ccc1N(C)C1CCCCC1. The fraction of sp³-hybridized carbons (Fsp3) is 0.333. The van der Waals surface area contributed by atoms with Crippen LogP contribution >= 0.6 is 0 Å². The van der Waals surface area contributed by atoms with Gasteiger partial charge in [-0.3, -0.25) is 9.78 Å². The molecule has 1 aliphatic carbocycles. The summed E-state index contributed by atoms with van der Waals surface area (Å²) >= 11 is 0. The average molecular weight is 374 g/mol. The minimum absolute atomic E-state index is 0.105. The molecule has 1 fully saturated rings. The van der Waals surface area contributed by atoms with Gasteiger partial charge in [0, 0.05) is 29.7 Å². The maximum Gasteiger partial charge on any atom is 0.255 e. The summed E-state index contributed by atoms with van der Waals surface area (Å²) in [6, 6.07) is 16.4. The van der Waals surface area contributed by atoms with Crippen molar-refractivity contribution < 1.29 is 4.79 Å². The van der Waals surface area contributed by atoms with E-state index in [1.54, 1.807) is 6.20 Å². The predicted octanol–water partition coefficient (Wildman–Crippen LogP) is 5.56. The zero-order valence-electron chi connectivity index (χ0n) is 16.6. The van der Waals surface area contributed by atoms with E-state index >= 15 is 0 Å². The third-order valence-electron chi connectivity index (χ3n) is 5.81. The molecule has 0 unspecified atom stereocenters. The number of nitrogens with one attached hydrogen (secondary N) is 1. The van der Waals surface area contributed by atoms with Crippen LogP contribution in [0.15, 0.2) is 54.7 Å². The van der Waals surface area contributed by atoms with Gasteiger partial charge in [0.15, 0.2) is 0 Å². The number of rotatable bonds is 4. The monoisotopic (exact) mass is 373 g/mol. The summed E-state index contributed by atoms with van der Waals surface area (Å²) < 4.78 is 0.